The second kappa shape index (κ2) is 5.30. The molecule has 0 radical (unpaired) electrons. The number of anilines is 1. The number of rotatable bonds is 5. The summed E-state index contributed by atoms with van der Waals surface area (Å²) in [7, 11) is 3.04. The normalized spacial score (nSPS) is 10.2. The number of methoxy groups -OCH3 is 2. The van der Waals surface area contributed by atoms with Crippen LogP contribution in [0.1, 0.15) is 11.7 Å². The van der Waals surface area contributed by atoms with Crippen LogP contribution in [0.2, 0.25) is 0 Å². The third kappa shape index (κ3) is 2.84. The van der Waals surface area contributed by atoms with Gasteiger partial charge in [0, 0.05) is 0 Å². The van der Waals surface area contributed by atoms with Gasteiger partial charge in [-0.2, -0.15) is 15.0 Å². The van der Waals surface area contributed by atoms with Crippen LogP contribution >= 0.6 is 0 Å². The zero-order valence-corrected chi connectivity index (χ0v) is 10.3. The second-order valence-corrected chi connectivity index (χ2v) is 3.37. The lowest BCUT2D eigenvalue weighted by Crippen LogP contribution is -2.05. The van der Waals surface area contributed by atoms with Crippen molar-refractivity contribution in [1.29, 1.82) is 0 Å². The van der Waals surface area contributed by atoms with Crippen molar-refractivity contribution >= 4 is 5.95 Å². The number of nitrogens with zero attached hydrogens (tertiary/aromatic N) is 4. The lowest BCUT2D eigenvalue weighted by atomic mass is 10.5. The lowest BCUT2D eigenvalue weighted by Gasteiger charge is -2.06. The maximum atomic E-state index is 5.03. The second-order valence-electron chi connectivity index (χ2n) is 3.37. The fraction of sp³-hybridized carbons (Fsp3) is 0.400. The average molecular weight is 251 g/mol. The quantitative estimate of drug-likeness (QED) is 0.833. The van der Waals surface area contributed by atoms with E-state index in [4.69, 9.17) is 14.0 Å². The van der Waals surface area contributed by atoms with Gasteiger partial charge in [0.2, 0.25) is 23.6 Å². The first-order valence-corrected chi connectivity index (χ1v) is 5.21. The lowest BCUT2D eigenvalue weighted by molar-refractivity contribution is 0.370. The van der Waals surface area contributed by atoms with E-state index in [0.29, 0.717) is 36.0 Å². The maximum absolute atomic E-state index is 5.03. The predicted molar refractivity (Wildman–Crippen MR) is 61.5 cm³/mol. The number of nitrogens with one attached hydrogen (secondary N) is 1. The van der Waals surface area contributed by atoms with Crippen molar-refractivity contribution in [2.45, 2.75) is 13.5 Å². The molecule has 0 bridgehead atoms. The molecule has 0 amide bonds. The molecular weight excluding hydrogens is 238 g/mol. The molecule has 0 aromatic carbocycles. The minimum atomic E-state index is 0.331. The van der Waals surface area contributed by atoms with E-state index in [1.54, 1.807) is 13.0 Å². The van der Waals surface area contributed by atoms with Crippen LogP contribution in [0.15, 0.2) is 10.6 Å². The van der Waals surface area contributed by atoms with Crippen LogP contribution in [-0.4, -0.2) is 34.3 Å². The molecule has 0 aliphatic carbocycles. The molecule has 0 unspecified atom stereocenters. The summed E-state index contributed by atoms with van der Waals surface area (Å²) in [6.45, 7) is 2.08. The van der Waals surface area contributed by atoms with Crippen LogP contribution in [0.5, 0.6) is 11.8 Å². The van der Waals surface area contributed by atoms with Crippen LogP contribution in [0, 0.1) is 6.92 Å². The van der Waals surface area contributed by atoms with Gasteiger partial charge in [0.1, 0.15) is 0 Å². The van der Waals surface area contributed by atoms with Gasteiger partial charge >= 0.3 is 0 Å². The smallest absolute Gasteiger partial charge is 0.246 e. The standard InChI is InChI=1S/C10H13N5O3/c1-6-12-9(18-15-6)5-11-10-13-7(16-2)4-8(14-10)17-3/h4H,5H2,1-3H3,(H,11,13,14). The molecule has 18 heavy (non-hydrogen) atoms. The van der Waals surface area contributed by atoms with Crippen molar-refractivity contribution in [3.8, 4) is 11.8 Å². The van der Waals surface area contributed by atoms with E-state index in [1.165, 1.54) is 14.2 Å². The summed E-state index contributed by atoms with van der Waals surface area (Å²) in [5.74, 6) is 2.22. The zero-order chi connectivity index (χ0) is 13.0. The van der Waals surface area contributed by atoms with E-state index in [2.05, 4.69) is 25.4 Å². The van der Waals surface area contributed by atoms with E-state index in [9.17, 15) is 0 Å². The highest BCUT2D eigenvalue weighted by atomic mass is 16.5. The first-order valence-electron chi connectivity index (χ1n) is 5.21. The summed E-state index contributed by atoms with van der Waals surface area (Å²) in [5, 5.41) is 6.63. The van der Waals surface area contributed by atoms with Gasteiger partial charge in [-0.1, -0.05) is 5.16 Å². The third-order valence-corrected chi connectivity index (χ3v) is 2.06. The highest BCUT2D eigenvalue weighted by Crippen LogP contribution is 2.17. The van der Waals surface area contributed by atoms with Crippen molar-refractivity contribution in [3.05, 3.63) is 17.8 Å². The van der Waals surface area contributed by atoms with Gasteiger partial charge in [-0.05, 0) is 6.92 Å². The molecular formula is C10H13N5O3. The van der Waals surface area contributed by atoms with Crippen LogP contribution < -0.4 is 14.8 Å². The van der Waals surface area contributed by atoms with Crippen molar-refractivity contribution in [3.63, 3.8) is 0 Å². The summed E-state index contributed by atoms with van der Waals surface area (Å²) in [6.07, 6.45) is 0. The summed E-state index contributed by atoms with van der Waals surface area (Å²) in [4.78, 5) is 12.3. The van der Waals surface area contributed by atoms with E-state index < -0.39 is 0 Å². The Kier molecular flexibility index (Phi) is 3.56. The van der Waals surface area contributed by atoms with Gasteiger partial charge in [-0.3, -0.25) is 0 Å². The summed E-state index contributed by atoms with van der Waals surface area (Å²) < 4.78 is 15.0. The molecule has 8 heteroatoms. The Labute approximate surface area is 103 Å². The van der Waals surface area contributed by atoms with Crippen LogP contribution in [0.4, 0.5) is 5.95 Å². The average Bonchev–Trinajstić information content (AvgIpc) is 2.81. The molecule has 0 atom stereocenters. The first kappa shape index (κ1) is 12.1. The molecule has 0 aliphatic heterocycles. The Balaban J connectivity index is 2.08. The van der Waals surface area contributed by atoms with Gasteiger partial charge in [0.25, 0.3) is 0 Å². The molecule has 8 nitrogen and oxygen atoms in total. The highest BCUT2D eigenvalue weighted by Gasteiger charge is 2.07. The third-order valence-electron chi connectivity index (χ3n) is 2.06. The maximum Gasteiger partial charge on any atom is 0.246 e. The number of ether oxygens (including phenoxy) is 2. The molecule has 2 rings (SSSR count). The predicted octanol–water partition coefficient (Wildman–Crippen LogP) is 0.797. The SMILES string of the molecule is COc1cc(OC)nc(NCc2nc(C)no2)n1. The Bertz CT molecular complexity index is 506. The monoisotopic (exact) mass is 251 g/mol. The molecule has 0 aliphatic rings. The van der Waals surface area contributed by atoms with E-state index in [1.807, 2.05) is 0 Å². The van der Waals surface area contributed by atoms with Gasteiger partial charge in [-0.15, -0.1) is 0 Å². The van der Waals surface area contributed by atoms with Gasteiger partial charge in [0.15, 0.2) is 5.82 Å². The Morgan fingerprint density at radius 1 is 1.17 bits per heavy atom. The van der Waals surface area contributed by atoms with Gasteiger partial charge in [-0.25, -0.2) is 0 Å². The zero-order valence-electron chi connectivity index (χ0n) is 10.3. The van der Waals surface area contributed by atoms with Crippen LogP contribution in [-0.2, 0) is 6.54 Å². The molecule has 2 aromatic heterocycles. The van der Waals surface area contributed by atoms with Gasteiger partial charge in [0.05, 0.1) is 26.8 Å². The Morgan fingerprint density at radius 3 is 2.33 bits per heavy atom. The summed E-state index contributed by atoms with van der Waals surface area (Å²) in [6, 6.07) is 1.59. The molecule has 2 aromatic rings. The van der Waals surface area contributed by atoms with Crippen molar-refractivity contribution in [1.82, 2.24) is 20.1 Å². The summed E-state index contributed by atoms with van der Waals surface area (Å²) >= 11 is 0. The van der Waals surface area contributed by atoms with Crippen molar-refractivity contribution in [2.75, 3.05) is 19.5 Å². The molecule has 0 fully saturated rings. The summed E-state index contributed by atoms with van der Waals surface area (Å²) in [5.41, 5.74) is 0. The highest BCUT2D eigenvalue weighted by molar-refractivity contribution is 5.33. The van der Waals surface area contributed by atoms with Crippen molar-refractivity contribution < 1.29 is 14.0 Å². The number of hydrogen-bond donors (Lipinski definition) is 1. The van der Waals surface area contributed by atoms with Gasteiger partial charge < -0.3 is 19.3 Å². The van der Waals surface area contributed by atoms with E-state index >= 15 is 0 Å². The molecule has 96 valence electrons. The molecule has 2 heterocycles. The molecule has 0 saturated carbocycles. The molecule has 0 saturated heterocycles. The van der Waals surface area contributed by atoms with Crippen molar-refractivity contribution in [2.24, 2.45) is 0 Å². The topological polar surface area (TPSA) is 95.2 Å². The largest absolute Gasteiger partial charge is 0.481 e. The number of aromatic nitrogens is 4. The first-order chi connectivity index (χ1) is 8.71. The van der Waals surface area contributed by atoms with E-state index in [0.717, 1.165) is 0 Å². The Hall–Kier alpha value is -2.38. The minimum absolute atomic E-state index is 0.331. The van der Waals surface area contributed by atoms with E-state index in [-0.39, 0.29) is 0 Å². The Morgan fingerprint density at radius 2 is 1.83 bits per heavy atom. The molecule has 0 spiro atoms. The fourth-order valence-electron chi connectivity index (χ4n) is 1.26. The number of aryl methyl sites for hydroxylation is 1. The minimum Gasteiger partial charge on any atom is -0.481 e. The molecule has 1 N–H and O–H groups in total. The fourth-order valence-corrected chi connectivity index (χ4v) is 1.26. The van der Waals surface area contributed by atoms with Crippen LogP contribution in [0.25, 0.3) is 0 Å². The number of hydrogen-bond acceptors (Lipinski definition) is 8. The van der Waals surface area contributed by atoms with Crippen LogP contribution in [0.3, 0.4) is 0 Å².